The van der Waals surface area contributed by atoms with Crippen LogP contribution in [0.5, 0.6) is 5.75 Å². The van der Waals surface area contributed by atoms with E-state index in [9.17, 15) is 0 Å². The Labute approximate surface area is 129 Å². The Hall–Kier alpha value is -1.02. The largest absolute Gasteiger partial charge is 0.492 e. The lowest BCUT2D eigenvalue weighted by Gasteiger charge is -2.25. The van der Waals surface area contributed by atoms with Crippen molar-refractivity contribution in [2.75, 3.05) is 13.2 Å². The number of benzene rings is 1. The molecule has 21 heavy (non-hydrogen) atoms. The van der Waals surface area contributed by atoms with Crippen LogP contribution in [0, 0.1) is 5.92 Å². The summed E-state index contributed by atoms with van der Waals surface area (Å²) in [7, 11) is 0. The molecule has 0 aromatic heterocycles. The number of rotatable bonds is 7. The van der Waals surface area contributed by atoms with Crippen LogP contribution in [0.1, 0.15) is 56.6 Å². The summed E-state index contributed by atoms with van der Waals surface area (Å²) < 4.78 is 6.14. The second-order valence-electron chi connectivity index (χ2n) is 6.70. The Kier molecular flexibility index (Phi) is 5.18. The standard InChI is InChI=1S/C19H29NO/c1-2-12-20-19(16-6-3-4-7-16)14-21-18-11-10-15-8-5-9-17(15)13-18/h10-11,13,16,19-20H,2-9,12,14H2,1H3. The molecule has 0 heterocycles. The highest BCUT2D eigenvalue weighted by atomic mass is 16.5. The SMILES string of the molecule is CCCNC(COc1ccc2c(c1)CCC2)C1CCCC1. The van der Waals surface area contributed by atoms with Gasteiger partial charge in [0.2, 0.25) is 0 Å². The summed E-state index contributed by atoms with van der Waals surface area (Å²) in [4.78, 5) is 0. The van der Waals surface area contributed by atoms with Crippen molar-refractivity contribution in [3.8, 4) is 5.75 Å². The highest BCUT2D eigenvalue weighted by Gasteiger charge is 2.25. The average Bonchev–Trinajstić information content (AvgIpc) is 3.18. The third-order valence-electron chi connectivity index (χ3n) is 5.12. The molecule has 2 nitrogen and oxygen atoms in total. The van der Waals surface area contributed by atoms with Gasteiger partial charge in [-0.1, -0.05) is 25.8 Å². The van der Waals surface area contributed by atoms with Crippen LogP contribution in [0.15, 0.2) is 18.2 Å². The maximum atomic E-state index is 6.14. The predicted octanol–water partition coefficient (Wildman–Crippen LogP) is 4.11. The third-order valence-corrected chi connectivity index (χ3v) is 5.12. The Bertz CT molecular complexity index is 451. The monoisotopic (exact) mass is 287 g/mol. The van der Waals surface area contributed by atoms with Crippen LogP contribution in [0.25, 0.3) is 0 Å². The molecule has 0 spiro atoms. The summed E-state index contributed by atoms with van der Waals surface area (Å²) in [6.45, 7) is 4.16. The van der Waals surface area contributed by atoms with Gasteiger partial charge in [0.25, 0.3) is 0 Å². The molecule has 0 bridgehead atoms. The zero-order valence-corrected chi connectivity index (χ0v) is 13.4. The molecule has 116 valence electrons. The van der Waals surface area contributed by atoms with Crippen molar-refractivity contribution >= 4 is 0 Å². The second-order valence-corrected chi connectivity index (χ2v) is 6.70. The topological polar surface area (TPSA) is 21.3 Å². The van der Waals surface area contributed by atoms with Gasteiger partial charge in [0.1, 0.15) is 12.4 Å². The molecular weight excluding hydrogens is 258 g/mol. The number of aryl methyl sites for hydroxylation is 2. The van der Waals surface area contributed by atoms with Crippen molar-refractivity contribution in [1.29, 1.82) is 0 Å². The molecule has 2 heteroatoms. The maximum Gasteiger partial charge on any atom is 0.119 e. The normalized spacial score (nSPS) is 19.7. The minimum Gasteiger partial charge on any atom is -0.492 e. The lowest BCUT2D eigenvalue weighted by molar-refractivity contribution is 0.217. The van der Waals surface area contributed by atoms with E-state index in [1.165, 1.54) is 62.5 Å². The summed E-state index contributed by atoms with van der Waals surface area (Å²) in [5, 5.41) is 3.71. The van der Waals surface area contributed by atoms with E-state index in [0.29, 0.717) is 6.04 Å². The average molecular weight is 287 g/mol. The molecule has 1 fully saturated rings. The van der Waals surface area contributed by atoms with Crippen molar-refractivity contribution in [1.82, 2.24) is 5.32 Å². The van der Waals surface area contributed by atoms with Crippen LogP contribution < -0.4 is 10.1 Å². The predicted molar refractivity (Wildman–Crippen MR) is 88.0 cm³/mol. The van der Waals surface area contributed by atoms with Crippen LogP contribution in [-0.2, 0) is 12.8 Å². The Balaban J connectivity index is 1.57. The van der Waals surface area contributed by atoms with Crippen LogP contribution in [-0.4, -0.2) is 19.2 Å². The fourth-order valence-corrected chi connectivity index (χ4v) is 3.88. The summed E-state index contributed by atoms with van der Waals surface area (Å²) in [5.74, 6) is 1.88. The molecule has 0 aliphatic heterocycles. The van der Waals surface area contributed by atoms with Crippen molar-refractivity contribution in [2.45, 2.75) is 64.3 Å². The van der Waals surface area contributed by atoms with Gasteiger partial charge in [-0.15, -0.1) is 0 Å². The molecule has 1 saturated carbocycles. The third kappa shape index (κ3) is 3.79. The number of hydrogen-bond donors (Lipinski definition) is 1. The van der Waals surface area contributed by atoms with Crippen LogP contribution in [0.3, 0.4) is 0 Å². The number of fused-ring (bicyclic) bond motifs is 1. The lowest BCUT2D eigenvalue weighted by atomic mass is 9.98. The molecule has 0 radical (unpaired) electrons. The number of hydrogen-bond acceptors (Lipinski definition) is 2. The molecule has 0 amide bonds. The summed E-state index contributed by atoms with van der Waals surface area (Å²) in [6, 6.07) is 7.23. The van der Waals surface area contributed by atoms with Crippen molar-refractivity contribution in [2.24, 2.45) is 5.92 Å². The van der Waals surface area contributed by atoms with Gasteiger partial charge in [-0.2, -0.15) is 0 Å². The molecule has 1 atom stereocenters. The first-order valence-electron chi connectivity index (χ1n) is 8.85. The number of ether oxygens (including phenoxy) is 1. The molecule has 1 N–H and O–H groups in total. The summed E-state index contributed by atoms with van der Waals surface area (Å²) >= 11 is 0. The van der Waals surface area contributed by atoms with Gasteiger partial charge >= 0.3 is 0 Å². The van der Waals surface area contributed by atoms with E-state index >= 15 is 0 Å². The Morgan fingerprint density at radius 1 is 1.14 bits per heavy atom. The van der Waals surface area contributed by atoms with Gasteiger partial charge in [-0.3, -0.25) is 0 Å². The van der Waals surface area contributed by atoms with Crippen molar-refractivity contribution < 1.29 is 4.74 Å². The molecule has 2 aliphatic rings. The second kappa shape index (κ2) is 7.31. The molecule has 0 saturated heterocycles. The summed E-state index contributed by atoms with van der Waals surface area (Å²) in [6.07, 6.45) is 10.5. The van der Waals surface area contributed by atoms with Crippen molar-refractivity contribution in [3.05, 3.63) is 29.3 Å². The first kappa shape index (κ1) is 14.9. The van der Waals surface area contributed by atoms with E-state index in [4.69, 9.17) is 4.74 Å². The van der Waals surface area contributed by atoms with Gasteiger partial charge in [0.15, 0.2) is 0 Å². The molecule has 3 rings (SSSR count). The van der Waals surface area contributed by atoms with Crippen LogP contribution in [0.2, 0.25) is 0 Å². The molecule has 1 aromatic carbocycles. The molecule has 1 aromatic rings. The zero-order chi connectivity index (χ0) is 14.5. The van der Waals surface area contributed by atoms with E-state index in [2.05, 4.69) is 30.4 Å². The van der Waals surface area contributed by atoms with Gasteiger partial charge in [-0.05, 0) is 74.2 Å². The smallest absolute Gasteiger partial charge is 0.119 e. The van der Waals surface area contributed by atoms with Gasteiger partial charge < -0.3 is 10.1 Å². The molecule has 2 aliphatic carbocycles. The highest BCUT2D eigenvalue weighted by Crippen LogP contribution is 2.29. The first-order valence-corrected chi connectivity index (χ1v) is 8.85. The Morgan fingerprint density at radius 2 is 1.95 bits per heavy atom. The van der Waals surface area contributed by atoms with Crippen LogP contribution >= 0.6 is 0 Å². The lowest BCUT2D eigenvalue weighted by Crippen LogP contribution is -2.40. The molecule has 1 unspecified atom stereocenters. The van der Waals surface area contributed by atoms with Crippen molar-refractivity contribution in [3.63, 3.8) is 0 Å². The van der Waals surface area contributed by atoms with Gasteiger partial charge in [0, 0.05) is 6.04 Å². The van der Waals surface area contributed by atoms with Crippen LogP contribution in [0.4, 0.5) is 0 Å². The fourth-order valence-electron chi connectivity index (χ4n) is 3.88. The minimum atomic E-state index is 0.528. The van der Waals surface area contributed by atoms with E-state index in [0.717, 1.165) is 24.8 Å². The highest BCUT2D eigenvalue weighted by molar-refractivity contribution is 5.38. The van der Waals surface area contributed by atoms with E-state index in [-0.39, 0.29) is 0 Å². The quantitative estimate of drug-likeness (QED) is 0.815. The first-order chi connectivity index (χ1) is 10.4. The van der Waals surface area contributed by atoms with Gasteiger partial charge in [-0.25, -0.2) is 0 Å². The summed E-state index contributed by atoms with van der Waals surface area (Å²) in [5.41, 5.74) is 3.03. The molecular formula is C19H29NO. The number of nitrogens with one attached hydrogen (secondary N) is 1. The maximum absolute atomic E-state index is 6.14. The van der Waals surface area contributed by atoms with E-state index < -0.39 is 0 Å². The minimum absolute atomic E-state index is 0.528. The van der Waals surface area contributed by atoms with E-state index in [1.54, 1.807) is 0 Å². The van der Waals surface area contributed by atoms with E-state index in [1.807, 2.05) is 0 Å². The zero-order valence-electron chi connectivity index (χ0n) is 13.4. The fraction of sp³-hybridized carbons (Fsp3) is 0.684. The van der Waals surface area contributed by atoms with Gasteiger partial charge in [0.05, 0.1) is 0 Å². The Morgan fingerprint density at radius 3 is 2.76 bits per heavy atom.